The van der Waals surface area contributed by atoms with Crippen molar-refractivity contribution in [3.63, 3.8) is 0 Å². The minimum Gasteiger partial charge on any atom is -0.369 e. The second-order valence-corrected chi connectivity index (χ2v) is 3.33. The van der Waals surface area contributed by atoms with Crippen molar-refractivity contribution in [2.75, 3.05) is 27.1 Å². The quantitative estimate of drug-likeness (QED) is 0.156. The first-order valence-corrected chi connectivity index (χ1v) is 5.11. The highest BCUT2D eigenvalue weighted by molar-refractivity contribution is 5.80. The van der Waals surface area contributed by atoms with Gasteiger partial charge in [0.1, 0.15) is 0 Å². The molecule has 0 aromatic heterocycles. The molecule has 106 valence electrons. The fraction of sp³-hybridized carbons (Fsp3) is 0.500. The van der Waals surface area contributed by atoms with Gasteiger partial charge in [0.25, 0.3) is 0 Å². The zero-order valence-electron chi connectivity index (χ0n) is 10.5. The number of hydrogen-bond acceptors (Lipinski definition) is 5. The first-order valence-electron chi connectivity index (χ1n) is 5.11. The summed E-state index contributed by atoms with van der Waals surface area (Å²) in [5.74, 6) is -0.0973. The van der Waals surface area contributed by atoms with Crippen LogP contribution in [0, 0.1) is 11.5 Å². The molecule has 8 N–H and O–H groups in total. The lowest BCUT2D eigenvalue weighted by Crippen LogP contribution is -2.51. The van der Waals surface area contributed by atoms with Crippen LogP contribution in [0.2, 0.25) is 0 Å². The van der Waals surface area contributed by atoms with Gasteiger partial charge >= 0.3 is 12.1 Å². The number of hydrogen-bond donors (Lipinski definition) is 5. The summed E-state index contributed by atoms with van der Waals surface area (Å²) >= 11 is 0. The van der Waals surface area contributed by atoms with Crippen molar-refractivity contribution in [3.05, 3.63) is 0 Å². The van der Waals surface area contributed by atoms with E-state index in [0.717, 1.165) is 0 Å². The molecule has 0 atom stereocenters. The lowest BCUT2D eigenvalue weighted by atomic mass is 10.6. The molecule has 11 nitrogen and oxygen atoms in total. The number of carbonyl (C=O) groups is 2. The summed E-state index contributed by atoms with van der Waals surface area (Å²) in [6.07, 6.45) is 1.52. The highest BCUT2D eigenvalue weighted by atomic mass is 16.2. The standard InChI is InChI=1S/C8H17N9O2/c1-16(8(19)15-4-14-7(12)18)5-17(3-10)6(11)13-2-9/h3-5,10H2,1H3,(H2,11,13)(H,15,19)(H3,12,14,18). The predicted octanol–water partition coefficient (Wildman–Crippen LogP) is -2.77. The van der Waals surface area contributed by atoms with Crippen LogP contribution in [-0.2, 0) is 0 Å². The number of nitrogens with two attached hydrogens (primary N) is 3. The van der Waals surface area contributed by atoms with Gasteiger partial charge in [0, 0.05) is 7.05 Å². The Morgan fingerprint density at radius 1 is 1.37 bits per heavy atom. The molecule has 0 aromatic carbocycles. The van der Waals surface area contributed by atoms with Crippen LogP contribution in [0.5, 0.6) is 0 Å². The van der Waals surface area contributed by atoms with Crippen LogP contribution in [0.4, 0.5) is 9.59 Å². The second kappa shape index (κ2) is 8.37. The minimum atomic E-state index is -0.753. The molecule has 0 radical (unpaired) electrons. The maximum atomic E-state index is 11.6. The number of carbonyl (C=O) groups excluding carboxylic acids is 2. The maximum absolute atomic E-state index is 11.6. The van der Waals surface area contributed by atoms with E-state index in [1.807, 2.05) is 0 Å². The van der Waals surface area contributed by atoms with E-state index in [2.05, 4.69) is 15.6 Å². The third-order valence-corrected chi connectivity index (χ3v) is 1.94. The van der Waals surface area contributed by atoms with Crippen LogP contribution >= 0.6 is 0 Å². The molecule has 4 amide bonds. The fourth-order valence-corrected chi connectivity index (χ4v) is 1.01. The van der Waals surface area contributed by atoms with Gasteiger partial charge in [-0.2, -0.15) is 5.26 Å². The first-order chi connectivity index (χ1) is 8.92. The third kappa shape index (κ3) is 6.54. The van der Waals surface area contributed by atoms with Crippen molar-refractivity contribution >= 4 is 18.0 Å². The fourth-order valence-electron chi connectivity index (χ4n) is 1.01. The number of nitrogens with one attached hydrogen (secondary N) is 2. The van der Waals surface area contributed by atoms with Crippen LogP contribution in [0.25, 0.3) is 0 Å². The van der Waals surface area contributed by atoms with Crippen LogP contribution in [-0.4, -0.2) is 54.9 Å². The zero-order valence-corrected chi connectivity index (χ0v) is 10.5. The molecular formula is C8H17N9O2. The van der Waals surface area contributed by atoms with Crippen molar-refractivity contribution in [2.24, 2.45) is 22.2 Å². The average Bonchev–Trinajstić information content (AvgIpc) is 2.35. The molecule has 0 aliphatic heterocycles. The number of guanidine groups is 1. The summed E-state index contributed by atoms with van der Waals surface area (Å²) < 4.78 is 0. The number of primary amides is 1. The van der Waals surface area contributed by atoms with Gasteiger partial charge in [-0.25, -0.2) is 9.59 Å². The molecule has 0 fully saturated rings. The van der Waals surface area contributed by atoms with Crippen LogP contribution in [0.15, 0.2) is 4.99 Å². The molecule has 0 saturated heterocycles. The number of urea groups is 2. The lowest BCUT2D eigenvalue weighted by molar-refractivity contribution is 0.186. The third-order valence-electron chi connectivity index (χ3n) is 1.94. The molecule has 0 spiro atoms. The smallest absolute Gasteiger partial charge is 0.319 e. The van der Waals surface area contributed by atoms with Crippen LogP contribution in [0.3, 0.4) is 0 Å². The molecule has 19 heavy (non-hydrogen) atoms. The highest BCUT2D eigenvalue weighted by Crippen LogP contribution is 1.91. The Bertz CT molecular complexity index is 388. The summed E-state index contributed by atoms with van der Waals surface area (Å²) in [5, 5.41) is 12.9. The molecule has 11 heteroatoms. The van der Waals surface area contributed by atoms with Crippen LogP contribution < -0.4 is 27.8 Å². The van der Waals surface area contributed by atoms with Gasteiger partial charge in [0.2, 0.25) is 12.2 Å². The molecule has 0 heterocycles. The van der Waals surface area contributed by atoms with E-state index in [1.54, 1.807) is 0 Å². The summed E-state index contributed by atoms with van der Waals surface area (Å²) in [7, 11) is 1.47. The zero-order chi connectivity index (χ0) is 14.8. The largest absolute Gasteiger partial charge is 0.369 e. The van der Waals surface area contributed by atoms with Crippen molar-refractivity contribution in [3.8, 4) is 6.19 Å². The maximum Gasteiger partial charge on any atom is 0.319 e. The molecule has 0 aromatic rings. The Labute approximate surface area is 110 Å². The van der Waals surface area contributed by atoms with E-state index in [-0.39, 0.29) is 26.0 Å². The van der Waals surface area contributed by atoms with E-state index in [9.17, 15) is 9.59 Å². The average molecular weight is 271 g/mol. The number of nitriles is 1. The van der Waals surface area contributed by atoms with Gasteiger partial charge in [-0.1, -0.05) is 0 Å². The Morgan fingerprint density at radius 2 is 2.00 bits per heavy atom. The van der Waals surface area contributed by atoms with Gasteiger partial charge in [-0.15, -0.1) is 4.99 Å². The molecular weight excluding hydrogens is 254 g/mol. The van der Waals surface area contributed by atoms with Gasteiger partial charge in [0.15, 0.2) is 0 Å². The monoisotopic (exact) mass is 271 g/mol. The topological polar surface area (TPSA) is 179 Å². The lowest BCUT2D eigenvalue weighted by Gasteiger charge is -2.27. The van der Waals surface area contributed by atoms with Gasteiger partial charge in [-0.3, -0.25) is 0 Å². The van der Waals surface area contributed by atoms with E-state index >= 15 is 0 Å². The number of rotatable bonds is 5. The Balaban J connectivity index is 4.30. The Morgan fingerprint density at radius 3 is 2.47 bits per heavy atom. The van der Waals surface area contributed by atoms with Gasteiger partial charge < -0.3 is 37.6 Å². The summed E-state index contributed by atoms with van der Waals surface area (Å²) in [5.41, 5.74) is 15.7. The molecule has 0 unspecified atom stereocenters. The Kier molecular flexibility index (Phi) is 7.16. The summed E-state index contributed by atoms with van der Waals surface area (Å²) in [6.45, 7) is -0.104. The van der Waals surface area contributed by atoms with Crippen molar-refractivity contribution in [1.82, 2.24) is 20.4 Å². The summed E-state index contributed by atoms with van der Waals surface area (Å²) in [4.78, 5) is 27.8. The van der Waals surface area contributed by atoms with E-state index in [4.69, 9.17) is 22.5 Å². The molecule has 0 aliphatic carbocycles. The second-order valence-electron chi connectivity index (χ2n) is 3.33. The van der Waals surface area contributed by atoms with E-state index in [1.165, 1.54) is 23.0 Å². The number of aliphatic imine (C=N–C) groups is 1. The summed E-state index contributed by atoms with van der Waals surface area (Å²) in [6, 6.07) is -1.24. The number of nitrogens with zero attached hydrogens (tertiary/aromatic N) is 4. The molecule has 0 rings (SSSR count). The van der Waals surface area contributed by atoms with Crippen molar-refractivity contribution in [2.45, 2.75) is 0 Å². The van der Waals surface area contributed by atoms with Gasteiger partial charge in [-0.05, 0) is 0 Å². The minimum absolute atomic E-state index is 0.0197. The molecule has 0 bridgehead atoms. The first kappa shape index (κ1) is 16.3. The normalized spacial score (nSPS) is 10.3. The van der Waals surface area contributed by atoms with E-state index in [0.29, 0.717) is 0 Å². The predicted molar refractivity (Wildman–Crippen MR) is 66.9 cm³/mol. The van der Waals surface area contributed by atoms with Gasteiger partial charge in [0.05, 0.1) is 20.0 Å². The Hall–Kier alpha value is -2.74. The SMILES string of the molecule is CN(CN(CN)/C(N)=N\C#N)C(=O)NCNC(N)=O. The highest BCUT2D eigenvalue weighted by Gasteiger charge is 2.13. The van der Waals surface area contributed by atoms with E-state index < -0.39 is 12.1 Å². The van der Waals surface area contributed by atoms with Crippen molar-refractivity contribution in [1.29, 1.82) is 5.26 Å². The number of amides is 4. The van der Waals surface area contributed by atoms with Crippen LogP contribution in [0.1, 0.15) is 0 Å². The molecule has 0 saturated carbocycles. The molecule has 0 aliphatic rings. The van der Waals surface area contributed by atoms with Crippen molar-refractivity contribution < 1.29 is 9.59 Å².